The van der Waals surface area contributed by atoms with Crippen LogP contribution in [0.3, 0.4) is 0 Å². The van der Waals surface area contributed by atoms with Crippen molar-refractivity contribution >= 4 is 34.2 Å². The van der Waals surface area contributed by atoms with Crippen LogP contribution >= 0.6 is 11.6 Å². The maximum atomic E-state index is 12.8. The van der Waals surface area contributed by atoms with Gasteiger partial charge in [0.2, 0.25) is 0 Å². The van der Waals surface area contributed by atoms with Gasteiger partial charge in [-0.15, -0.1) is 0 Å². The quantitative estimate of drug-likeness (QED) is 0.489. The Morgan fingerprint density at radius 2 is 1.54 bits per heavy atom. The zero-order valence-electron chi connectivity index (χ0n) is 14.2. The molecule has 1 N–H and O–H groups in total. The van der Waals surface area contributed by atoms with Crippen LogP contribution < -0.4 is 5.32 Å². The third kappa shape index (κ3) is 2.87. The average Bonchev–Trinajstić information content (AvgIpc) is 2.95. The molecule has 0 aliphatic heterocycles. The summed E-state index contributed by atoms with van der Waals surface area (Å²) in [5, 5.41) is 4.80. The van der Waals surface area contributed by atoms with Crippen molar-refractivity contribution in [3.63, 3.8) is 0 Å². The van der Waals surface area contributed by atoms with Crippen molar-refractivity contribution < 1.29 is 4.79 Å². The Labute approximate surface area is 156 Å². The molecule has 0 bridgehead atoms. The number of benzene rings is 3. The summed E-state index contributed by atoms with van der Waals surface area (Å²) in [6.45, 7) is 2.03. The summed E-state index contributed by atoms with van der Waals surface area (Å²) < 4.78 is 2.08. The van der Waals surface area contributed by atoms with E-state index in [0.717, 1.165) is 28.0 Å². The molecular formula is C22H17ClN2O. The topological polar surface area (TPSA) is 34.0 Å². The lowest BCUT2D eigenvalue weighted by atomic mass is 10.2. The van der Waals surface area contributed by atoms with Crippen molar-refractivity contribution in [2.24, 2.45) is 0 Å². The number of halogens is 1. The normalized spacial score (nSPS) is 10.8. The zero-order chi connectivity index (χ0) is 18.1. The van der Waals surface area contributed by atoms with Gasteiger partial charge in [-0.05, 0) is 55.0 Å². The molecule has 0 aliphatic carbocycles. The standard InChI is InChI=1S/C22H17ClN2O/c1-15-19-9-5-6-10-20(19)25(18-7-3-2-4-8-18)21(15)24-22(26)16-11-13-17(23)14-12-16/h2-14H,1H3,(H,24,26). The van der Waals surface area contributed by atoms with Crippen LogP contribution in [0.2, 0.25) is 5.02 Å². The first-order chi connectivity index (χ1) is 12.6. The van der Waals surface area contributed by atoms with Gasteiger partial charge in [-0.2, -0.15) is 0 Å². The Balaban J connectivity index is 1.85. The van der Waals surface area contributed by atoms with Gasteiger partial charge in [0.1, 0.15) is 5.82 Å². The minimum atomic E-state index is -0.162. The summed E-state index contributed by atoms with van der Waals surface area (Å²) >= 11 is 5.92. The summed E-state index contributed by atoms with van der Waals surface area (Å²) in [6.07, 6.45) is 0. The highest BCUT2D eigenvalue weighted by atomic mass is 35.5. The molecule has 0 spiro atoms. The number of nitrogens with one attached hydrogen (secondary N) is 1. The Morgan fingerprint density at radius 3 is 2.27 bits per heavy atom. The lowest BCUT2D eigenvalue weighted by Crippen LogP contribution is -2.15. The average molecular weight is 361 g/mol. The Morgan fingerprint density at radius 1 is 0.885 bits per heavy atom. The van der Waals surface area contributed by atoms with E-state index in [9.17, 15) is 4.79 Å². The molecular weight excluding hydrogens is 344 g/mol. The molecule has 1 aromatic heterocycles. The summed E-state index contributed by atoms with van der Waals surface area (Å²) in [5.41, 5.74) is 3.66. The highest BCUT2D eigenvalue weighted by Crippen LogP contribution is 2.33. The van der Waals surface area contributed by atoms with E-state index in [1.165, 1.54) is 0 Å². The highest BCUT2D eigenvalue weighted by Gasteiger charge is 2.17. The van der Waals surface area contributed by atoms with E-state index in [0.29, 0.717) is 10.6 Å². The van der Waals surface area contributed by atoms with E-state index in [-0.39, 0.29) is 5.91 Å². The maximum Gasteiger partial charge on any atom is 0.256 e. The molecule has 0 saturated heterocycles. The number of rotatable bonds is 3. The molecule has 128 valence electrons. The maximum absolute atomic E-state index is 12.8. The number of hydrogen-bond donors (Lipinski definition) is 1. The lowest BCUT2D eigenvalue weighted by Gasteiger charge is -2.13. The molecule has 0 atom stereocenters. The van der Waals surface area contributed by atoms with Gasteiger partial charge in [0.15, 0.2) is 0 Å². The number of fused-ring (bicyclic) bond motifs is 1. The van der Waals surface area contributed by atoms with Gasteiger partial charge < -0.3 is 5.32 Å². The van der Waals surface area contributed by atoms with Crippen LogP contribution in [0.15, 0.2) is 78.9 Å². The molecule has 0 aliphatic rings. The Kier molecular flexibility index (Phi) is 4.23. The summed E-state index contributed by atoms with van der Waals surface area (Å²) in [4.78, 5) is 12.8. The second kappa shape index (κ2) is 6.70. The fraction of sp³-hybridized carbons (Fsp3) is 0.0455. The predicted molar refractivity (Wildman–Crippen MR) is 107 cm³/mol. The van der Waals surface area contributed by atoms with Crippen LogP contribution in [0.5, 0.6) is 0 Å². The lowest BCUT2D eigenvalue weighted by molar-refractivity contribution is 0.102. The predicted octanol–water partition coefficient (Wildman–Crippen LogP) is 5.84. The van der Waals surface area contributed by atoms with Gasteiger partial charge in [-0.25, -0.2) is 0 Å². The molecule has 4 heteroatoms. The third-order valence-corrected chi connectivity index (χ3v) is 4.73. The first-order valence-electron chi connectivity index (χ1n) is 8.37. The minimum absolute atomic E-state index is 0.162. The van der Waals surface area contributed by atoms with Gasteiger partial charge in [0.05, 0.1) is 5.52 Å². The number of aromatic nitrogens is 1. The minimum Gasteiger partial charge on any atom is -0.307 e. The third-order valence-electron chi connectivity index (χ3n) is 4.48. The number of hydrogen-bond acceptors (Lipinski definition) is 1. The monoisotopic (exact) mass is 360 g/mol. The molecule has 0 fully saturated rings. The van der Waals surface area contributed by atoms with E-state index in [4.69, 9.17) is 11.6 Å². The molecule has 3 nitrogen and oxygen atoms in total. The van der Waals surface area contributed by atoms with Crippen molar-refractivity contribution in [1.29, 1.82) is 0 Å². The van der Waals surface area contributed by atoms with Crippen molar-refractivity contribution in [3.8, 4) is 5.69 Å². The molecule has 0 radical (unpaired) electrons. The van der Waals surface area contributed by atoms with Gasteiger partial charge in [-0.3, -0.25) is 9.36 Å². The first kappa shape index (κ1) is 16.4. The largest absolute Gasteiger partial charge is 0.307 e. The number of nitrogens with zero attached hydrogens (tertiary/aromatic N) is 1. The molecule has 0 saturated carbocycles. The highest BCUT2D eigenvalue weighted by molar-refractivity contribution is 6.30. The molecule has 4 aromatic rings. The number of carbonyl (C=O) groups is 1. The molecule has 1 amide bonds. The van der Waals surface area contributed by atoms with Gasteiger partial charge >= 0.3 is 0 Å². The van der Waals surface area contributed by atoms with Crippen LogP contribution in [0, 0.1) is 6.92 Å². The van der Waals surface area contributed by atoms with E-state index in [1.807, 2.05) is 49.4 Å². The van der Waals surface area contributed by atoms with Gasteiger partial charge in [0, 0.05) is 21.7 Å². The molecule has 26 heavy (non-hydrogen) atoms. The number of anilines is 1. The SMILES string of the molecule is Cc1c(NC(=O)c2ccc(Cl)cc2)n(-c2ccccc2)c2ccccc12. The van der Waals surface area contributed by atoms with Crippen molar-refractivity contribution in [3.05, 3.63) is 95.0 Å². The summed E-state index contributed by atoms with van der Waals surface area (Å²) in [5.74, 6) is 0.613. The second-order valence-corrected chi connectivity index (χ2v) is 6.56. The Bertz CT molecular complexity index is 1080. The van der Waals surface area contributed by atoms with Gasteiger partial charge in [-0.1, -0.05) is 48.0 Å². The van der Waals surface area contributed by atoms with Gasteiger partial charge in [0.25, 0.3) is 5.91 Å². The Hall–Kier alpha value is -3.04. The zero-order valence-corrected chi connectivity index (χ0v) is 15.0. The fourth-order valence-electron chi connectivity index (χ4n) is 3.18. The number of amides is 1. The van der Waals surface area contributed by atoms with Crippen molar-refractivity contribution in [2.75, 3.05) is 5.32 Å². The number of carbonyl (C=O) groups excluding carboxylic acids is 1. The number of para-hydroxylation sites is 2. The summed E-state index contributed by atoms with van der Waals surface area (Å²) in [6, 6.07) is 25.1. The van der Waals surface area contributed by atoms with Crippen molar-refractivity contribution in [2.45, 2.75) is 6.92 Å². The van der Waals surface area contributed by atoms with E-state index in [2.05, 4.69) is 22.0 Å². The fourth-order valence-corrected chi connectivity index (χ4v) is 3.30. The first-order valence-corrected chi connectivity index (χ1v) is 8.75. The van der Waals surface area contributed by atoms with Crippen LogP contribution in [-0.4, -0.2) is 10.5 Å². The van der Waals surface area contributed by atoms with Crippen molar-refractivity contribution in [1.82, 2.24) is 4.57 Å². The van der Waals surface area contributed by atoms with Crippen LogP contribution in [0.1, 0.15) is 15.9 Å². The van der Waals surface area contributed by atoms with Crippen LogP contribution in [0.25, 0.3) is 16.6 Å². The molecule has 0 unspecified atom stereocenters. The van der Waals surface area contributed by atoms with Crippen LogP contribution in [-0.2, 0) is 0 Å². The molecule has 4 rings (SSSR count). The van der Waals surface area contributed by atoms with E-state index >= 15 is 0 Å². The molecule has 1 heterocycles. The van der Waals surface area contributed by atoms with E-state index < -0.39 is 0 Å². The second-order valence-electron chi connectivity index (χ2n) is 6.12. The summed E-state index contributed by atoms with van der Waals surface area (Å²) in [7, 11) is 0. The number of aryl methyl sites for hydroxylation is 1. The smallest absolute Gasteiger partial charge is 0.256 e. The van der Waals surface area contributed by atoms with Crippen LogP contribution in [0.4, 0.5) is 5.82 Å². The van der Waals surface area contributed by atoms with E-state index in [1.54, 1.807) is 24.3 Å². The molecule has 3 aromatic carbocycles.